The lowest BCUT2D eigenvalue weighted by Crippen LogP contribution is -2.26. The molecule has 0 bridgehead atoms. The number of aromatic nitrogens is 2. The van der Waals surface area contributed by atoms with Crippen LogP contribution in [0.1, 0.15) is 41.9 Å². The van der Waals surface area contributed by atoms with E-state index < -0.39 is 0 Å². The number of nitrogen functional groups attached to an aromatic ring is 1. The molecule has 3 aromatic heterocycles. The van der Waals surface area contributed by atoms with Gasteiger partial charge in [-0.25, -0.2) is 4.52 Å². The molecule has 120 valence electrons. The van der Waals surface area contributed by atoms with E-state index in [9.17, 15) is 10.1 Å². The molecule has 24 heavy (non-hydrogen) atoms. The normalized spacial score (nSPS) is 16.1. The summed E-state index contributed by atoms with van der Waals surface area (Å²) in [4.78, 5) is 13.6. The van der Waals surface area contributed by atoms with Crippen LogP contribution in [-0.2, 0) is 6.42 Å². The summed E-state index contributed by atoms with van der Waals surface area (Å²) in [6.07, 6.45) is 1.22. The maximum Gasteiger partial charge on any atom is 0.167 e. The van der Waals surface area contributed by atoms with Gasteiger partial charge in [-0.2, -0.15) is 10.4 Å². The second-order valence-corrected chi connectivity index (χ2v) is 7.91. The Labute approximate surface area is 143 Å². The molecule has 3 heterocycles. The standard InChI is InChI=1S/C18H16N4OS/c1-18(2)7-12-16(14(23)8-18)13-6-10(15-4-3-5-24-15)11(9-19)17(20)22(13)21-12/h3-6H,7-8,20H2,1-2H3. The molecule has 0 unspecified atom stereocenters. The van der Waals surface area contributed by atoms with Gasteiger partial charge in [0.1, 0.15) is 17.5 Å². The zero-order valence-electron chi connectivity index (χ0n) is 13.5. The van der Waals surface area contributed by atoms with Crippen LogP contribution in [0, 0.1) is 16.7 Å². The molecule has 4 rings (SSSR count). The van der Waals surface area contributed by atoms with Gasteiger partial charge in [0.25, 0.3) is 0 Å². The predicted molar refractivity (Wildman–Crippen MR) is 94.1 cm³/mol. The molecule has 0 saturated carbocycles. The number of Topliss-reactive ketones (excluding diaryl/α,β-unsaturated/α-hetero) is 1. The minimum absolute atomic E-state index is 0.0949. The van der Waals surface area contributed by atoms with Crippen molar-refractivity contribution in [2.24, 2.45) is 5.41 Å². The smallest absolute Gasteiger partial charge is 0.167 e. The van der Waals surface area contributed by atoms with E-state index in [1.807, 2.05) is 23.6 Å². The molecule has 0 amide bonds. The average molecular weight is 336 g/mol. The van der Waals surface area contributed by atoms with Gasteiger partial charge in [-0.1, -0.05) is 19.9 Å². The van der Waals surface area contributed by atoms with E-state index in [-0.39, 0.29) is 11.2 Å². The second-order valence-electron chi connectivity index (χ2n) is 6.97. The van der Waals surface area contributed by atoms with Crippen LogP contribution in [-0.4, -0.2) is 15.4 Å². The molecule has 0 fully saturated rings. The highest BCUT2D eigenvalue weighted by molar-refractivity contribution is 7.13. The Morgan fingerprint density at radius 3 is 2.88 bits per heavy atom. The molecule has 1 aliphatic rings. The van der Waals surface area contributed by atoms with Crippen LogP contribution in [0.5, 0.6) is 0 Å². The van der Waals surface area contributed by atoms with Gasteiger partial charge in [-0.15, -0.1) is 11.3 Å². The Morgan fingerprint density at radius 1 is 1.42 bits per heavy atom. The Bertz CT molecular complexity index is 1020. The Balaban J connectivity index is 2.07. The first-order valence-corrected chi connectivity index (χ1v) is 8.60. The van der Waals surface area contributed by atoms with E-state index >= 15 is 0 Å². The highest BCUT2D eigenvalue weighted by Crippen LogP contribution is 2.39. The topological polar surface area (TPSA) is 84.2 Å². The van der Waals surface area contributed by atoms with Gasteiger partial charge < -0.3 is 5.73 Å². The first-order chi connectivity index (χ1) is 11.4. The van der Waals surface area contributed by atoms with Gasteiger partial charge in [-0.3, -0.25) is 4.79 Å². The fraction of sp³-hybridized carbons (Fsp3) is 0.278. The maximum atomic E-state index is 12.7. The van der Waals surface area contributed by atoms with Crippen molar-refractivity contribution in [3.63, 3.8) is 0 Å². The van der Waals surface area contributed by atoms with Crippen molar-refractivity contribution in [2.45, 2.75) is 26.7 Å². The van der Waals surface area contributed by atoms with E-state index in [2.05, 4.69) is 25.0 Å². The van der Waals surface area contributed by atoms with Gasteiger partial charge in [0.05, 0.1) is 16.8 Å². The van der Waals surface area contributed by atoms with Gasteiger partial charge in [-0.05, 0) is 29.3 Å². The number of carbonyl (C=O) groups excluding carboxylic acids is 1. The van der Waals surface area contributed by atoms with Crippen LogP contribution in [0.4, 0.5) is 5.82 Å². The van der Waals surface area contributed by atoms with Crippen molar-refractivity contribution < 1.29 is 4.79 Å². The minimum Gasteiger partial charge on any atom is -0.383 e. The molecule has 0 aromatic carbocycles. The summed E-state index contributed by atoms with van der Waals surface area (Å²) in [6, 6.07) is 7.95. The lowest BCUT2D eigenvalue weighted by atomic mass is 9.76. The van der Waals surface area contributed by atoms with Gasteiger partial charge in [0.2, 0.25) is 0 Å². The van der Waals surface area contributed by atoms with Crippen LogP contribution in [0.15, 0.2) is 23.6 Å². The quantitative estimate of drug-likeness (QED) is 0.735. The first kappa shape index (κ1) is 14.9. The molecule has 1 aliphatic carbocycles. The predicted octanol–water partition coefficient (Wildman–Crippen LogP) is 3.67. The number of pyridine rings is 1. The largest absolute Gasteiger partial charge is 0.383 e. The summed E-state index contributed by atoms with van der Waals surface area (Å²) in [5.41, 5.74) is 9.42. The third-order valence-electron chi connectivity index (χ3n) is 4.49. The molecule has 0 atom stereocenters. The molecule has 6 heteroatoms. The van der Waals surface area contributed by atoms with Gasteiger partial charge in [0, 0.05) is 16.9 Å². The lowest BCUT2D eigenvalue weighted by Gasteiger charge is -2.27. The molecule has 5 nitrogen and oxygen atoms in total. The zero-order chi connectivity index (χ0) is 17.1. The van der Waals surface area contributed by atoms with Crippen molar-refractivity contribution in [2.75, 3.05) is 5.73 Å². The van der Waals surface area contributed by atoms with E-state index in [4.69, 9.17) is 5.73 Å². The fourth-order valence-electron chi connectivity index (χ4n) is 3.46. The molecule has 3 aromatic rings. The molecule has 0 aliphatic heterocycles. The highest BCUT2D eigenvalue weighted by Gasteiger charge is 2.35. The van der Waals surface area contributed by atoms with E-state index in [1.165, 1.54) is 0 Å². The number of carbonyl (C=O) groups is 1. The van der Waals surface area contributed by atoms with Crippen LogP contribution < -0.4 is 5.73 Å². The van der Waals surface area contributed by atoms with Crippen molar-refractivity contribution >= 4 is 28.5 Å². The van der Waals surface area contributed by atoms with Crippen molar-refractivity contribution in [3.8, 4) is 16.5 Å². The van der Waals surface area contributed by atoms with E-state index in [1.54, 1.807) is 15.9 Å². The first-order valence-electron chi connectivity index (χ1n) is 7.72. The monoisotopic (exact) mass is 336 g/mol. The summed E-state index contributed by atoms with van der Waals surface area (Å²) in [6.45, 7) is 4.14. The third-order valence-corrected chi connectivity index (χ3v) is 5.39. The van der Waals surface area contributed by atoms with Crippen molar-refractivity contribution in [3.05, 3.63) is 40.4 Å². The highest BCUT2D eigenvalue weighted by atomic mass is 32.1. The van der Waals surface area contributed by atoms with E-state index in [0.29, 0.717) is 28.9 Å². The summed E-state index contributed by atoms with van der Waals surface area (Å²) in [7, 11) is 0. The molecule has 0 saturated heterocycles. The van der Waals surface area contributed by atoms with Crippen LogP contribution >= 0.6 is 11.3 Å². The minimum atomic E-state index is -0.106. The summed E-state index contributed by atoms with van der Waals surface area (Å²) in [5.74, 6) is 0.385. The Hall–Kier alpha value is -2.65. The number of nitrogens with zero attached hydrogens (tertiary/aromatic N) is 3. The van der Waals surface area contributed by atoms with Crippen LogP contribution in [0.2, 0.25) is 0 Å². The number of thiophene rings is 1. The SMILES string of the molecule is CC1(C)CC(=O)c2c(nn3c(N)c(C#N)c(-c4cccs4)cc23)C1. The van der Waals surface area contributed by atoms with E-state index in [0.717, 1.165) is 22.6 Å². The maximum absolute atomic E-state index is 12.7. The average Bonchev–Trinajstić information content (AvgIpc) is 3.12. The molecular weight excluding hydrogens is 320 g/mol. The summed E-state index contributed by atoms with van der Waals surface area (Å²) < 4.78 is 1.56. The van der Waals surface area contributed by atoms with Crippen LogP contribution in [0.3, 0.4) is 0 Å². The Morgan fingerprint density at radius 2 is 2.21 bits per heavy atom. The molecular formula is C18H16N4OS. The van der Waals surface area contributed by atoms with Crippen molar-refractivity contribution in [1.82, 2.24) is 9.61 Å². The second kappa shape index (κ2) is 4.92. The number of nitriles is 1. The fourth-order valence-corrected chi connectivity index (χ4v) is 4.21. The number of rotatable bonds is 1. The number of ketones is 1. The van der Waals surface area contributed by atoms with Gasteiger partial charge in [0.15, 0.2) is 5.78 Å². The lowest BCUT2D eigenvalue weighted by molar-refractivity contribution is 0.0913. The van der Waals surface area contributed by atoms with Crippen LogP contribution in [0.25, 0.3) is 16.0 Å². The number of nitrogens with two attached hydrogens (primary N) is 1. The summed E-state index contributed by atoms with van der Waals surface area (Å²) in [5, 5.41) is 16.1. The molecule has 2 N–H and O–H groups in total. The zero-order valence-corrected chi connectivity index (χ0v) is 14.3. The molecule has 0 radical (unpaired) electrons. The van der Waals surface area contributed by atoms with Crippen molar-refractivity contribution in [1.29, 1.82) is 5.26 Å². The number of anilines is 1. The summed E-state index contributed by atoms with van der Waals surface area (Å²) >= 11 is 1.54. The number of hydrogen-bond acceptors (Lipinski definition) is 5. The Kier molecular flexibility index (Phi) is 3.06. The number of fused-ring (bicyclic) bond motifs is 3. The van der Waals surface area contributed by atoms with Gasteiger partial charge >= 0.3 is 0 Å². The third kappa shape index (κ3) is 2.05. The molecule has 0 spiro atoms. The number of hydrogen-bond donors (Lipinski definition) is 1.